The fourth-order valence-corrected chi connectivity index (χ4v) is 1.35. The van der Waals surface area contributed by atoms with Gasteiger partial charge in [0.15, 0.2) is 0 Å². The Kier molecular flexibility index (Phi) is 5.45. The number of benzene rings is 1. The van der Waals surface area contributed by atoms with Gasteiger partial charge in [-0.3, -0.25) is 4.79 Å². The van der Waals surface area contributed by atoms with Crippen molar-refractivity contribution in [1.82, 2.24) is 5.32 Å². The Morgan fingerprint density at radius 1 is 1.47 bits per heavy atom. The van der Waals surface area contributed by atoms with Gasteiger partial charge in [0.25, 0.3) is 0 Å². The molecule has 5 nitrogen and oxygen atoms in total. The first-order valence-corrected chi connectivity index (χ1v) is 5.27. The molecule has 94 valence electrons. The topological polar surface area (TPSA) is 67.8 Å². The van der Waals surface area contributed by atoms with Gasteiger partial charge in [-0.05, 0) is 17.7 Å². The van der Waals surface area contributed by atoms with E-state index in [0.29, 0.717) is 5.75 Å². The van der Waals surface area contributed by atoms with Crippen molar-refractivity contribution in [2.45, 2.75) is 6.10 Å². The average molecular weight is 239 g/mol. The molecule has 2 N–H and O–H groups in total. The highest BCUT2D eigenvalue weighted by Gasteiger charge is 2.09. The Balaban J connectivity index is 2.46. The van der Waals surface area contributed by atoms with E-state index in [0.717, 1.165) is 5.56 Å². The largest absolute Gasteiger partial charge is 0.497 e. The summed E-state index contributed by atoms with van der Waals surface area (Å²) in [5, 5.41) is 12.7. The predicted molar refractivity (Wildman–Crippen MR) is 62.8 cm³/mol. The maximum atomic E-state index is 10.8. The summed E-state index contributed by atoms with van der Waals surface area (Å²) in [5.41, 5.74) is 0.738. The van der Waals surface area contributed by atoms with Crippen LogP contribution in [0.2, 0.25) is 0 Å². The molecule has 0 aromatic heterocycles. The van der Waals surface area contributed by atoms with Gasteiger partial charge in [0.05, 0.1) is 26.9 Å². The van der Waals surface area contributed by atoms with E-state index in [4.69, 9.17) is 4.74 Å². The number of rotatable bonds is 6. The second-order valence-corrected chi connectivity index (χ2v) is 3.50. The maximum Gasteiger partial charge on any atom is 0.319 e. The van der Waals surface area contributed by atoms with Gasteiger partial charge in [-0.1, -0.05) is 12.1 Å². The van der Waals surface area contributed by atoms with Crippen molar-refractivity contribution in [2.75, 3.05) is 27.3 Å². The molecule has 0 saturated heterocycles. The smallest absolute Gasteiger partial charge is 0.319 e. The van der Waals surface area contributed by atoms with Crippen molar-refractivity contribution >= 4 is 5.97 Å². The molecule has 0 saturated carbocycles. The molecular weight excluding hydrogens is 222 g/mol. The lowest BCUT2D eigenvalue weighted by atomic mass is 10.1. The van der Waals surface area contributed by atoms with Crippen molar-refractivity contribution < 1.29 is 19.4 Å². The normalized spacial score (nSPS) is 11.9. The lowest BCUT2D eigenvalue weighted by Gasteiger charge is -2.12. The average Bonchev–Trinajstić information content (AvgIpc) is 2.38. The first-order chi connectivity index (χ1) is 8.17. The number of esters is 1. The highest BCUT2D eigenvalue weighted by atomic mass is 16.5. The third-order valence-corrected chi connectivity index (χ3v) is 2.31. The zero-order chi connectivity index (χ0) is 12.7. The summed E-state index contributed by atoms with van der Waals surface area (Å²) in [6, 6.07) is 7.16. The fourth-order valence-electron chi connectivity index (χ4n) is 1.35. The number of carbonyl (C=O) groups excluding carboxylic acids is 1. The second kappa shape index (κ2) is 6.88. The van der Waals surface area contributed by atoms with Gasteiger partial charge >= 0.3 is 5.97 Å². The Morgan fingerprint density at radius 3 is 2.88 bits per heavy atom. The molecule has 1 aromatic rings. The number of aliphatic hydroxyl groups is 1. The van der Waals surface area contributed by atoms with Crippen LogP contribution < -0.4 is 10.1 Å². The highest BCUT2D eigenvalue weighted by molar-refractivity contribution is 5.71. The quantitative estimate of drug-likeness (QED) is 0.707. The van der Waals surface area contributed by atoms with Crippen LogP contribution in [0.5, 0.6) is 5.75 Å². The summed E-state index contributed by atoms with van der Waals surface area (Å²) >= 11 is 0. The summed E-state index contributed by atoms with van der Waals surface area (Å²) in [6.07, 6.45) is -0.685. The van der Waals surface area contributed by atoms with Crippen LogP contribution in [0.15, 0.2) is 24.3 Å². The van der Waals surface area contributed by atoms with Crippen molar-refractivity contribution in [2.24, 2.45) is 0 Å². The van der Waals surface area contributed by atoms with Gasteiger partial charge in [-0.2, -0.15) is 0 Å². The van der Waals surface area contributed by atoms with E-state index in [1.54, 1.807) is 31.4 Å². The number of ether oxygens (including phenoxy) is 2. The number of hydrogen-bond donors (Lipinski definition) is 2. The Morgan fingerprint density at radius 2 is 2.24 bits per heavy atom. The predicted octanol–water partition coefficient (Wildman–Crippen LogP) is 0.491. The molecule has 0 fully saturated rings. The van der Waals surface area contributed by atoms with Crippen molar-refractivity contribution in [3.63, 3.8) is 0 Å². The monoisotopic (exact) mass is 239 g/mol. The molecule has 0 bridgehead atoms. The van der Waals surface area contributed by atoms with Crippen LogP contribution in [-0.2, 0) is 9.53 Å². The van der Waals surface area contributed by atoms with Crippen molar-refractivity contribution in [3.8, 4) is 5.75 Å². The second-order valence-electron chi connectivity index (χ2n) is 3.50. The van der Waals surface area contributed by atoms with E-state index in [2.05, 4.69) is 10.1 Å². The number of methoxy groups -OCH3 is 2. The maximum absolute atomic E-state index is 10.8. The molecule has 0 heterocycles. The van der Waals surface area contributed by atoms with Crippen molar-refractivity contribution in [3.05, 3.63) is 29.8 Å². The number of hydrogen-bond acceptors (Lipinski definition) is 5. The molecular formula is C12H17NO4. The van der Waals surface area contributed by atoms with Crippen molar-refractivity contribution in [1.29, 1.82) is 0 Å². The molecule has 5 heteroatoms. The molecule has 1 rings (SSSR count). The summed E-state index contributed by atoms with van der Waals surface area (Å²) in [6.45, 7) is 0.361. The Labute approximate surface area is 100 Å². The number of carbonyl (C=O) groups is 1. The van der Waals surface area contributed by atoms with Crippen LogP contribution >= 0.6 is 0 Å². The minimum atomic E-state index is -0.685. The number of aliphatic hydroxyl groups excluding tert-OH is 1. The molecule has 17 heavy (non-hydrogen) atoms. The standard InChI is InChI=1S/C12H17NO4/c1-16-10-5-3-4-9(6-10)11(14)7-13-8-12(15)17-2/h3-6,11,13-14H,7-8H2,1-2H3. The van der Waals surface area contributed by atoms with Gasteiger partial charge in [-0.15, -0.1) is 0 Å². The highest BCUT2D eigenvalue weighted by Crippen LogP contribution is 2.18. The van der Waals surface area contributed by atoms with Crippen LogP contribution in [0.3, 0.4) is 0 Å². The summed E-state index contributed by atoms with van der Waals surface area (Å²) < 4.78 is 9.53. The molecule has 1 aromatic carbocycles. The van der Waals surface area contributed by atoms with Gasteiger partial charge in [0, 0.05) is 6.54 Å². The number of nitrogens with one attached hydrogen (secondary N) is 1. The van der Waals surface area contributed by atoms with E-state index >= 15 is 0 Å². The van der Waals surface area contributed by atoms with Gasteiger partial charge < -0.3 is 19.9 Å². The molecule has 0 radical (unpaired) electrons. The first-order valence-electron chi connectivity index (χ1n) is 5.27. The van der Waals surface area contributed by atoms with Crippen LogP contribution in [0.1, 0.15) is 11.7 Å². The summed E-state index contributed by atoms with van der Waals surface area (Å²) in [4.78, 5) is 10.8. The molecule has 0 aliphatic carbocycles. The van der Waals surface area contributed by atoms with E-state index in [-0.39, 0.29) is 19.1 Å². The SMILES string of the molecule is COC(=O)CNCC(O)c1cccc(OC)c1. The van der Waals surface area contributed by atoms with Crippen LogP contribution in [-0.4, -0.2) is 38.4 Å². The summed E-state index contributed by atoms with van der Waals surface area (Å²) in [5.74, 6) is 0.331. The van der Waals surface area contributed by atoms with Crippen LogP contribution in [0.25, 0.3) is 0 Å². The first kappa shape index (κ1) is 13.5. The van der Waals surface area contributed by atoms with E-state index in [1.807, 2.05) is 0 Å². The minimum Gasteiger partial charge on any atom is -0.497 e. The fraction of sp³-hybridized carbons (Fsp3) is 0.417. The van der Waals surface area contributed by atoms with E-state index in [1.165, 1.54) is 7.11 Å². The van der Waals surface area contributed by atoms with Gasteiger partial charge in [-0.25, -0.2) is 0 Å². The molecule has 0 aliphatic heterocycles. The zero-order valence-electron chi connectivity index (χ0n) is 9.97. The lowest BCUT2D eigenvalue weighted by Crippen LogP contribution is -2.28. The lowest BCUT2D eigenvalue weighted by molar-refractivity contribution is -0.139. The van der Waals surface area contributed by atoms with E-state index < -0.39 is 6.10 Å². The minimum absolute atomic E-state index is 0.0809. The Hall–Kier alpha value is -1.59. The van der Waals surface area contributed by atoms with Crippen LogP contribution in [0.4, 0.5) is 0 Å². The Bertz CT molecular complexity index is 367. The molecule has 1 unspecified atom stereocenters. The van der Waals surface area contributed by atoms with Gasteiger partial charge in [0.2, 0.25) is 0 Å². The van der Waals surface area contributed by atoms with E-state index in [9.17, 15) is 9.90 Å². The zero-order valence-corrected chi connectivity index (χ0v) is 9.97. The third kappa shape index (κ3) is 4.42. The molecule has 0 aliphatic rings. The van der Waals surface area contributed by atoms with Crippen LogP contribution in [0, 0.1) is 0 Å². The van der Waals surface area contributed by atoms with Gasteiger partial charge in [0.1, 0.15) is 5.75 Å². The molecule has 1 atom stereocenters. The summed E-state index contributed by atoms with van der Waals surface area (Å²) in [7, 11) is 2.89. The molecule has 0 amide bonds. The molecule has 0 spiro atoms. The third-order valence-electron chi connectivity index (χ3n) is 2.31.